The molecule has 0 atom stereocenters. The van der Waals surface area contributed by atoms with Gasteiger partial charge in [-0.1, -0.05) is 18.2 Å². The molecule has 0 aliphatic carbocycles. The molecule has 0 saturated heterocycles. The van der Waals surface area contributed by atoms with Crippen LogP contribution in [0.3, 0.4) is 0 Å². The second kappa shape index (κ2) is 5.66. The Morgan fingerprint density at radius 1 is 1.05 bits per heavy atom. The maximum Gasteiger partial charge on any atom is 0.244 e. The molecule has 1 heterocycles. The smallest absolute Gasteiger partial charge is 0.244 e. The number of anilines is 1. The van der Waals surface area contributed by atoms with Crippen molar-refractivity contribution in [2.75, 3.05) is 5.32 Å². The second-order valence-corrected chi connectivity index (χ2v) is 5.80. The van der Waals surface area contributed by atoms with Crippen molar-refractivity contribution in [1.29, 1.82) is 0 Å². The lowest BCUT2D eigenvalue weighted by atomic mass is 10.2. The minimum atomic E-state index is -0.0208. The van der Waals surface area contributed by atoms with Crippen molar-refractivity contribution in [3.05, 3.63) is 64.4 Å². The largest absolute Gasteiger partial charge is 0.338 e. The van der Waals surface area contributed by atoms with Gasteiger partial charge in [0.2, 0.25) is 5.91 Å². The van der Waals surface area contributed by atoms with Gasteiger partial charge in [-0.2, -0.15) is 0 Å². The number of halogens is 1. The summed E-state index contributed by atoms with van der Waals surface area (Å²) in [5, 5.41) is 4.06. The van der Waals surface area contributed by atoms with Crippen LogP contribution in [-0.4, -0.2) is 10.5 Å². The summed E-state index contributed by atoms with van der Waals surface area (Å²) in [6, 6.07) is 17.8. The Morgan fingerprint density at radius 3 is 2.60 bits per heavy atom. The molecule has 0 aliphatic heterocycles. The molecule has 1 N–H and O–H groups in total. The Bertz CT molecular complexity index is 747. The van der Waals surface area contributed by atoms with Gasteiger partial charge in [0.15, 0.2) is 0 Å². The van der Waals surface area contributed by atoms with Gasteiger partial charge < -0.3 is 9.88 Å². The maximum absolute atomic E-state index is 12.1. The van der Waals surface area contributed by atoms with E-state index in [1.54, 1.807) is 0 Å². The molecule has 1 aromatic heterocycles. The van der Waals surface area contributed by atoms with Crippen LogP contribution in [-0.2, 0) is 11.3 Å². The molecular weight excluding hydrogens is 363 g/mol. The van der Waals surface area contributed by atoms with Crippen LogP contribution in [0.4, 0.5) is 5.69 Å². The van der Waals surface area contributed by atoms with Crippen LogP contribution in [0.1, 0.15) is 0 Å². The molecule has 3 aromatic rings. The van der Waals surface area contributed by atoms with E-state index >= 15 is 0 Å². The molecule has 3 nitrogen and oxygen atoms in total. The molecule has 0 fully saturated rings. The Kier molecular flexibility index (Phi) is 3.73. The number of carbonyl (C=O) groups is 1. The van der Waals surface area contributed by atoms with E-state index in [0.717, 1.165) is 20.2 Å². The highest BCUT2D eigenvalue weighted by atomic mass is 127. The van der Waals surface area contributed by atoms with Gasteiger partial charge in [0.1, 0.15) is 6.54 Å². The lowest BCUT2D eigenvalue weighted by Crippen LogP contribution is -2.18. The van der Waals surface area contributed by atoms with Crippen molar-refractivity contribution in [2.24, 2.45) is 0 Å². The topological polar surface area (TPSA) is 34.0 Å². The molecule has 0 aliphatic rings. The third-order valence-electron chi connectivity index (χ3n) is 3.12. The Hall–Kier alpha value is -1.82. The highest BCUT2D eigenvalue weighted by Crippen LogP contribution is 2.15. The highest BCUT2D eigenvalue weighted by Gasteiger charge is 2.06. The van der Waals surface area contributed by atoms with Crippen LogP contribution in [0, 0.1) is 3.57 Å². The first-order chi connectivity index (χ1) is 9.72. The van der Waals surface area contributed by atoms with Gasteiger partial charge in [-0.3, -0.25) is 4.79 Å². The molecule has 0 radical (unpaired) electrons. The van der Waals surface area contributed by atoms with Gasteiger partial charge in [0.25, 0.3) is 0 Å². The maximum atomic E-state index is 12.1. The first-order valence-corrected chi connectivity index (χ1v) is 7.39. The summed E-state index contributed by atoms with van der Waals surface area (Å²) < 4.78 is 3.11. The average Bonchev–Trinajstić information content (AvgIpc) is 2.85. The number of para-hydroxylation sites is 1. The molecular formula is C16H13IN2O. The van der Waals surface area contributed by atoms with E-state index in [2.05, 4.69) is 27.9 Å². The van der Waals surface area contributed by atoms with Crippen molar-refractivity contribution in [2.45, 2.75) is 6.54 Å². The monoisotopic (exact) mass is 376 g/mol. The molecule has 0 bridgehead atoms. The van der Waals surface area contributed by atoms with E-state index in [1.165, 1.54) is 0 Å². The third kappa shape index (κ3) is 2.85. The molecule has 0 unspecified atom stereocenters. The summed E-state index contributed by atoms with van der Waals surface area (Å²) in [6.07, 6.45) is 1.94. The third-order valence-corrected chi connectivity index (χ3v) is 3.84. The normalized spacial score (nSPS) is 10.7. The Labute approximate surface area is 130 Å². The predicted molar refractivity (Wildman–Crippen MR) is 89.7 cm³/mol. The predicted octanol–water partition coefficient (Wildman–Crippen LogP) is 3.88. The van der Waals surface area contributed by atoms with Crippen molar-refractivity contribution in [3.63, 3.8) is 0 Å². The van der Waals surface area contributed by atoms with Gasteiger partial charge in [-0.25, -0.2) is 0 Å². The van der Waals surface area contributed by atoms with Crippen LogP contribution < -0.4 is 5.32 Å². The number of hydrogen-bond donors (Lipinski definition) is 1. The van der Waals surface area contributed by atoms with Crippen LogP contribution in [0.2, 0.25) is 0 Å². The first-order valence-electron chi connectivity index (χ1n) is 6.32. The molecule has 1 amide bonds. The van der Waals surface area contributed by atoms with Crippen molar-refractivity contribution < 1.29 is 4.79 Å². The molecule has 2 aromatic carbocycles. The fraction of sp³-hybridized carbons (Fsp3) is 0.0625. The number of benzene rings is 2. The molecule has 0 saturated carbocycles. The lowest BCUT2D eigenvalue weighted by molar-refractivity contribution is -0.116. The van der Waals surface area contributed by atoms with E-state index < -0.39 is 0 Å². The van der Waals surface area contributed by atoms with Gasteiger partial charge in [-0.15, -0.1) is 0 Å². The highest BCUT2D eigenvalue weighted by molar-refractivity contribution is 14.1. The van der Waals surface area contributed by atoms with Crippen LogP contribution in [0.5, 0.6) is 0 Å². The Balaban J connectivity index is 1.74. The first kappa shape index (κ1) is 13.2. The summed E-state index contributed by atoms with van der Waals surface area (Å²) in [7, 11) is 0. The lowest BCUT2D eigenvalue weighted by Gasteiger charge is -2.07. The number of fused-ring (bicyclic) bond motifs is 1. The number of nitrogens with zero attached hydrogens (tertiary/aromatic N) is 1. The molecule has 3 rings (SSSR count). The average molecular weight is 376 g/mol. The van der Waals surface area contributed by atoms with Crippen LogP contribution >= 0.6 is 22.6 Å². The summed E-state index contributed by atoms with van der Waals surface area (Å²) in [4.78, 5) is 12.1. The number of amides is 1. The quantitative estimate of drug-likeness (QED) is 0.692. The van der Waals surface area contributed by atoms with E-state index in [1.807, 2.05) is 65.4 Å². The SMILES string of the molecule is O=C(Cn1ccc2ccccc21)Nc1ccc(I)cc1. The van der Waals surface area contributed by atoms with E-state index in [9.17, 15) is 4.79 Å². The zero-order valence-corrected chi connectivity index (χ0v) is 12.9. The number of aromatic nitrogens is 1. The molecule has 20 heavy (non-hydrogen) atoms. The second-order valence-electron chi connectivity index (χ2n) is 4.56. The number of nitrogens with one attached hydrogen (secondary N) is 1. The van der Waals surface area contributed by atoms with Gasteiger partial charge >= 0.3 is 0 Å². The number of carbonyl (C=O) groups excluding carboxylic acids is 1. The fourth-order valence-electron chi connectivity index (χ4n) is 2.17. The van der Waals surface area contributed by atoms with E-state index in [-0.39, 0.29) is 5.91 Å². The summed E-state index contributed by atoms with van der Waals surface area (Å²) in [5.41, 5.74) is 1.90. The van der Waals surface area contributed by atoms with Gasteiger partial charge in [0.05, 0.1) is 0 Å². The zero-order chi connectivity index (χ0) is 13.9. The number of hydrogen-bond acceptors (Lipinski definition) is 1. The summed E-state index contributed by atoms with van der Waals surface area (Å²) in [6.45, 7) is 0.319. The van der Waals surface area contributed by atoms with Crippen LogP contribution in [0.25, 0.3) is 10.9 Å². The van der Waals surface area contributed by atoms with Gasteiger partial charge in [0, 0.05) is 21.0 Å². The van der Waals surface area contributed by atoms with Gasteiger partial charge in [-0.05, 0) is 64.4 Å². The van der Waals surface area contributed by atoms with E-state index in [4.69, 9.17) is 0 Å². The fourth-order valence-corrected chi connectivity index (χ4v) is 2.53. The molecule has 100 valence electrons. The summed E-state index contributed by atoms with van der Waals surface area (Å²) >= 11 is 2.24. The molecule has 0 spiro atoms. The van der Waals surface area contributed by atoms with Crippen molar-refractivity contribution >= 4 is 45.1 Å². The van der Waals surface area contributed by atoms with Crippen LogP contribution in [0.15, 0.2) is 60.8 Å². The standard InChI is InChI=1S/C16H13IN2O/c17-13-5-7-14(8-6-13)18-16(20)11-19-10-9-12-3-1-2-4-15(12)19/h1-10H,11H2,(H,18,20). The number of rotatable bonds is 3. The minimum Gasteiger partial charge on any atom is -0.338 e. The van der Waals surface area contributed by atoms with Crippen molar-refractivity contribution in [3.8, 4) is 0 Å². The zero-order valence-electron chi connectivity index (χ0n) is 10.7. The molecule has 4 heteroatoms. The minimum absolute atomic E-state index is 0.0208. The van der Waals surface area contributed by atoms with Crippen molar-refractivity contribution in [1.82, 2.24) is 4.57 Å². The Morgan fingerprint density at radius 2 is 1.80 bits per heavy atom. The summed E-state index contributed by atoms with van der Waals surface area (Å²) in [5.74, 6) is -0.0208. The van der Waals surface area contributed by atoms with E-state index in [0.29, 0.717) is 6.54 Å².